The Kier molecular flexibility index (Phi) is 9.17. The van der Waals surface area contributed by atoms with E-state index >= 15 is 0 Å². The van der Waals surface area contributed by atoms with E-state index in [1.165, 1.54) is 54.8 Å². The SMILES string of the molecule is c1cc(-c2ccc(N(c3ccc(-c4ccccc4-c4ccc5c(c4)oc4ccccc45)cc3)c3ccc(-c4cccc5ccccc45)cc3)cc2)cc(-n2c3ccccc3c3ccccc32)c1. The van der Waals surface area contributed by atoms with E-state index in [9.17, 15) is 0 Å². The van der Waals surface area contributed by atoms with Gasteiger partial charge in [-0.25, -0.2) is 0 Å². The quantitative estimate of drug-likeness (QED) is 0.152. The Morgan fingerprint density at radius 2 is 0.761 bits per heavy atom. The third kappa shape index (κ3) is 6.67. The van der Waals surface area contributed by atoms with Gasteiger partial charge in [0.05, 0.1) is 11.0 Å². The highest BCUT2D eigenvalue weighted by Crippen LogP contribution is 2.41. The van der Waals surface area contributed by atoms with Crippen LogP contribution in [0.4, 0.5) is 17.1 Å². The summed E-state index contributed by atoms with van der Waals surface area (Å²) >= 11 is 0. The number of rotatable bonds is 8. The molecule has 13 aromatic rings. The van der Waals surface area contributed by atoms with Gasteiger partial charge < -0.3 is 13.9 Å². The molecule has 0 N–H and O–H groups in total. The van der Waals surface area contributed by atoms with Crippen LogP contribution < -0.4 is 4.90 Å². The lowest BCUT2D eigenvalue weighted by atomic mass is 9.94. The van der Waals surface area contributed by atoms with Crippen LogP contribution in [0.25, 0.3) is 105 Å². The summed E-state index contributed by atoms with van der Waals surface area (Å²) in [5.74, 6) is 0. The first kappa shape index (κ1) is 38.5. The molecule has 0 aliphatic rings. The van der Waals surface area contributed by atoms with Crippen molar-refractivity contribution in [3.05, 3.63) is 255 Å². The molecule has 0 aliphatic carbocycles. The zero-order chi connectivity index (χ0) is 44.3. The van der Waals surface area contributed by atoms with Crippen LogP contribution >= 0.6 is 0 Å². The van der Waals surface area contributed by atoms with E-state index in [2.05, 4.69) is 252 Å². The molecule has 2 heterocycles. The Bertz CT molecular complexity index is 3910. The van der Waals surface area contributed by atoms with Crippen molar-refractivity contribution in [2.75, 3.05) is 4.90 Å². The molecule has 11 aromatic carbocycles. The first-order valence-corrected chi connectivity index (χ1v) is 22.9. The van der Waals surface area contributed by atoms with Crippen molar-refractivity contribution in [2.45, 2.75) is 0 Å². The van der Waals surface area contributed by atoms with Crippen molar-refractivity contribution in [3.63, 3.8) is 0 Å². The molecule has 314 valence electrons. The van der Waals surface area contributed by atoms with Crippen LogP contribution in [0.5, 0.6) is 0 Å². The van der Waals surface area contributed by atoms with E-state index in [1.54, 1.807) is 0 Å². The fourth-order valence-electron chi connectivity index (χ4n) is 10.2. The topological polar surface area (TPSA) is 21.3 Å². The van der Waals surface area contributed by atoms with Gasteiger partial charge in [0.1, 0.15) is 11.2 Å². The van der Waals surface area contributed by atoms with Crippen molar-refractivity contribution in [1.29, 1.82) is 0 Å². The maximum absolute atomic E-state index is 6.31. The van der Waals surface area contributed by atoms with E-state index < -0.39 is 0 Å². The number of benzene rings is 11. The van der Waals surface area contributed by atoms with Gasteiger partial charge in [-0.3, -0.25) is 0 Å². The predicted octanol–water partition coefficient (Wildman–Crippen LogP) is 18.0. The molecule has 13 rings (SSSR count). The molecule has 3 heteroatoms. The second-order valence-corrected chi connectivity index (χ2v) is 17.3. The normalized spacial score (nSPS) is 11.6. The summed E-state index contributed by atoms with van der Waals surface area (Å²) in [6, 6.07) is 91.9. The highest BCUT2D eigenvalue weighted by atomic mass is 16.3. The minimum atomic E-state index is 0.896. The average Bonchev–Trinajstić information content (AvgIpc) is 3.95. The minimum Gasteiger partial charge on any atom is -0.456 e. The third-order valence-corrected chi connectivity index (χ3v) is 13.4. The highest BCUT2D eigenvalue weighted by Gasteiger charge is 2.17. The van der Waals surface area contributed by atoms with Gasteiger partial charge in [-0.05, 0) is 134 Å². The van der Waals surface area contributed by atoms with Gasteiger partial charge in [0.15, 0.2) is 0 Å². The molecule has 0 atom stereocenters. The van der Waals surface area contributed by atoms with Crippen molar-refractivity contribution < 1.29 is 4.42 Å². The van der Waals surface area contributed by atoms with Crippen molar-refractivity contribution >= 4 is 71.6 Å². The molecule has 0 spiro atoms. The standard InChI is InChI=1S/C64H42N2O/c1-2-17-53-44(13-1)14-12-23-55(53)46-31-38-51(39-32-46)65(49-34-27-43(28-35-49)47-15-11-16-52(41-47)66-61-24-8-5-20-57(61)58-21-6-9-25-62(58)66)50-36-29-45(30-37-50)54-18-3-4-19-56(54)48-33-40-60-59-22-7-10-26-63(59)67-64(60)42-48/h1-42H. The molecule has 0 fully saturated rings. The average molecular weight is 855 g/mol. The molecule has 0 saturated carbocycles. The predicted molar refractivity (Wildman–Crippen MR) is 282 cm³/mol. The molecule has 67 heavy (non-hydrogen) atoms. The zero-order valence-corrected chi connectivity index (χ0v) is 36.6. The molecule has 2 aromatic heterocycles. The maximum Gasteiger partial charge on any atom is 0.136 e. The van der Waals surface area contributed by atoms with Gasteiger partial charge in [0.2, 0.25) is 0 Å². The molecule has 0 aliphatic heterocycles. The number of hydrogen-bond donors (Lipinski definition) is 0. The monoisotopic (exact) mass is 854 g/mol. The molecular formula is C64H42N2O. The number of aromatic nitrogens is 1. The summed E-state index contributed by atoms with van der Waals surface area (Å²) < 4.78 is 8.69. The van der Waals surface area contributed by atoms with Crippen LogP contribution in [-0.2, 0) is 0 Å². The lowest BCUT2D eigenvalue weighted by molar-refractivity contribution is 0.669. The molecule has 0 bridgehead atoms. The Morgan fingerprint density at radius 1 is 0.284 bits per heavy atom. The van der Waals surface area contributed by atoms with E-state index in [4.69, 9.17) is 4.42 Å². The summed E-state index contributed by atoms with van der Waals surface area (Å²) in [6.45, 7) is 0. The third-order valence-electron chi connectivity index (χ3n) is 13.4. The molecule has 0 amide bonds. The molecule has 0 unspecified atom stereocenters. The number of anilines is 3. The van der Waals surface area contributed by atoms with E-state index in [1.807, 2.05) is 12.1 Å². The van der Waals surface area contributed by atoms with Gasteiger partial charge in [0.25, 0.3) is 0 Å². The van der Waals surface area contributed by atoms with Gasteiger partial charge in [-0.15, -0.1) is 0 Å². The number of hydrogen-bond acceptors (Lipinski definition) is 2. The van der Waals surface area contributed by atoms with E-state index in [-0.39, 0.29) is 0 Å². The van der Waals surface area contributed by atoms with Crippen molar-refractivity contribution in [1.82, 2.24) is 4.57 Å². The van der Waals surface area contributed by atoms with Crippen LogP contribution in [0.1, 0.15) is 0 Å². The van der Waals surface area contributed by atoms with E-state index in [0.717, 1.165) is 66.9 Å². The largest absolute Gasteiger partial charge is 0.456 e. The number of para-hydroxylation sites is 3. The second-order valence-electron chi connectivity index (χ2n) is 17.3. The fourth-order valence-corrected chi connectivity index (χ4v) is 10.2. The van der Waals surface area contributed by atoms with Crippen molar-refractivity contribution in [2.24, 2.45) is 0 Å². The van der Waals surface area contributed by atoms with Crippen LogP contribution in [-0.4, -0.2) is 4.57 Å². The Morgan fingerprint density at radius 3 is 1.45 bits per heavy atom. The summed E-state index contributed by atoms with van der Waals surface area (Å²) in [5, 5.41) is 7.28. The second kappa shape index (κ2) is 16.0. The number of nitrogens with zero attached hydrogens (tertiary/aromatic N) is 2. The van der Waals surface area contributed by atoms with Crippen LogP contribution in [0, 0.1) is 0 Å². The molecule has 0 saturated heterocycles. The fraction of sp³-hybridized carbons (Fsp3) is 0. The first-order valence-electron chi connectivity index (χ1n) is 22.9. The summed E-state index contributed by atoms with van der Waals surface area (Å²) in [7, 11) is 0. The Labute approximate surface area is 388 Å². The van der Waals surface area contributed by atoms with Crippen LogP contribution in [0.15, 0.2) is 259 Å². The van der Waals surface area contributed by atoms with Gasteiger partial charge >= 0.3 is 0 Å². The lowest BCUT2D eigenvalue weighted by Crippen LogP contribution is -2.09. The summed E-state index contributed by atoms with van der Waals surface area (Å²) in [5.41, 5.74) is 17.9. The zero-order valence-electron chi connectivity index (χ0n) is 36.6. The highest BCUT2D eigenvalue weighted by molar-refractivity contribution is 6.09. The van der Waals surface area contributed by atoms with Gasteiger partial charge in [-0.1, -0.05) is 176 Å². The van der Waals surface area contributed by atoms with Crippen LogP contribution in [0.3, 0.4) is 0 Å². The number of fused-ring (bicyclic) bond motifs is 7. The molecular weight excluding hydrogens is 813 g/mol. The van der Waals surface area contributed by atoms with Gasteiger partial charge in [0, 0.05) is 44.3 Å². The first-order chi connectivity index (χ1) is 33.2. The molecule has 0 radical (unpaired) electrons. The van der Waals surface area contributed by atoms with E-state index in [0.29, 0.717) is 0 Å². The summed E-state index contributed by atoms with van der Waals surface area (Å²) in [6.07, 6.45) is 0. The van der Waals surface area contributed by atoms with Crippen molar-refractivity contribution in [3.8, 4) is 50.2 Å². The Hall–Kier alpha value is -8.92. The lowest BCUT2D eigenvalue weighted by Gasteiger charge is -2.26. The Balaban J connectivity index is 0.876. The number of furan rings is 1. The molecule has 3 nitrogen and oxygen atoms in total. The summed E-state index contributed by atoms with van der Waals surface area (Å²) in [4.78, 5) is 2.36. The van der Waals surface area contributed by atoms with Crippen LogP contribution in [0.2, 0.25) is 0 Å². The smallest absolute Gasteiger partial charge is 0.136 e. The minimum absolute atomic E-state index is 0.896. The van der Waals surface area contributed by atoms with Gasteiger partial charge in [-0.2, -0.15) is 0 Å². The maximum atomic E-state index is 6.31.